The van der Waals surface area contributed by atoms with Crippen LogP contribution in [0.1, 0.15) is 44.0 Å². The number of benzene rings is 1. The van der Waals surface area contributed by atoms with E-state index in [-0.39, 0.29) is 5.91 Å². The fourth-order valence-corrected chi connectivity index (χ4v) is 2.49. The number of nitrogens with two attached hydrogens (primary N) is 1. The van der Waals surface area contributed by atoms with E-state index in [2.05, 4.69) is 13.8 Å². The van der Waals surface area contributed by atoms with Crippen LogP contribution in [0.4, 0.5) is 11.4 Å². The predicted octanol–water partition coefficient (Wildman–Crippen LogP) is 3.23. The average molecular weight is 291 g/mol. The van der Waals surface area contributed by atoms with Crippen LogP contribution in [-0.2, 0) is 0 Å². The van der Waals surface area contributed by atoms with Crippen molar-refractivity contribution in [2.75, 3.05) is 37.8 Å². The fraction of sp³-hybridized carbons (Fsp3) is 0.588. The molecule has 0 saturated heterocycles. The molecule has 0 bridgehead atoms. The molecule has 4 nitrogen and oxygen atoms in total. The number of hydrogen-bond acceptors (Lipinski definition) is 3. The number of rotatable bonds is 7. The van der Waals surface area contributed by atoms with Crippen molar-refractivity contribution < 1.29 is 4.79 Å². The molecule has 0 saturated carbocycles. The number of carbonyl (C=O) groups excluding carboxylic acids is 1. The van der Waals surface area contributed by atoms with E-state index in [1.54, 1.807) is 6.07 Å². The van der Waals surface area contributed by atoms with Crippen molar-refractivity contribution in [3.8, 4) is 0 Å². The third kappa shape index (κ3) is 4.38. The van der Waals surface area contributed by atoms with Gasteiger partial charge in [0, 0.05) is 32.7 Å². The number of anilines is 2. The first-order valence-corrected chi connectivity index (χ1v) is 7.80. The first-order valence-electron chi connectivity index (χ1n) is 7.80. The molecule has 0 spiro atoms. The SMILES string of the molecule is CCC(CC)CN(CC)C(=O)c1ccc(N(C)C)c(N)c1. The smallest absolute Gasteiger partial charge is 0.253 e. The van der Waals surface area contributed by atoms with E-state index in [9.17, 15) is 4.79 Å². The molecular formula is C17H29N3O. The average Bonchev–Trinajstić information content (AvgIpc) is 2.47. The lowest BCUT2D eigenvalue weighted by Gasteiger charge is -2.26. The zero-order chi connectivity index (χ0) is 16.0. The summed E-state index contributed by atoms with van der Waals surface area (Å²) in [5, 5.41) is 0. The van der Waals surface area contributed by atoms with Gasteiger partial charge in [0.15, 0.2) is 0 Å². The molecule has 1 rings (SSSR count). The lowest BCUT2D eigenvalue weighted by Crippen LogP contribution is -2.35. The second-order valence-electron chi connectivity index (χ2n) is 5.69. The number of nitrogen functional groups attached to an aromatic ring is 1. The summed E-state index contributed by atoms with van der Waals surface area (Å²) < 4.78 is 0. The van der Waals surface area contributed by atoms with Crippen LogP contribution in [0.3, 0.4) is 0 Å². The summed E-state index contributed by atoms with van der Waals surface area (Å²) in [5.41, 5.74) is 8.30. The van der Waals surface area contributed by atoms with E-state index in [0.717, 1.165) is 31.6 Å². The molecule has 2 N–H and O–H groups in total. The van der Waals surface area contributed by atoms with E-state index in [4.69, 9.17) is 5.73 Å². The van der Waals surface area contributed by atoms with Gasteiger partial charge in [-0.25, -0.2) is 0 Å². The van der Waals surface area contributed by atoms with Gasteiger partial charge in [0.25, 0.3) is 5.91 Å². The van der Waals surface area contributed by atoms with Gasteiger partial charge < -0.3 is 15.5 Å². The van der Waals surface area contributed by atoms with Crippen molar-refractivity contribution in [2.45, 2.75) is 33.6 Å². The maximum absolute atomic E-state index is 12.6. The Balaban J connectivity index is 2.92. The van der Waals surface area contributed by atoms with Crippen LogP contribution >= 0.6 is 0 Å². The summed E-state index contributed by atoms with van der Waals surface area (Å²) in [6.07, 6.45) is 2.20. The maximum Gasteiger partial charge on any atom is 0.253 e. The third-order valence-corrected chi connectivity index (χ3v) is 4.06. The number of amides is 1. The molecule has 1 aromatic rings. The van der Waals surface area contributed by atoms with Crippen molar-refractivity contribution in [1.29, 1.82) is 0 Å². The van der Waals surface area contributed by atoms with Crippen LogP contribution in [0.15, 0.2) is 18.2 Å². The molecule has 1 amide bonds. The van der Waals surface area contributed by atoms with E-state index < -0.39 is 0 Å². The molecule has 0 atom stereocenters. The summed E-state index contributed by atoms with van der Waals surface area (Å²) in [6, 6.07) is 5.56. The van der Waals surface area contributed by atoms with Crippen LogP contribution in [0.5, 0.6) is 0 Å². The van der Waals surface area contributed by atoms with Crippen molar-refractivity contribution in [3.63, 3.8) is 0 Å². The Morgan fingerprint density at radius 1 is 1.19 bits per heavy atom. The lowest BCUT2D eigenvalue weighted by atomic mass is 10.0. The molecule has 0 aromatic heterocycles. The van der Waals surface area contributed by atoms with Crippen molar-refractivity contribution in [2.24, 2.45) is 5.92 Å². The molecule has 21 heavy (non-hydrogen) atoms. The van der Waals surface area contributed by atoms with E-state index >= 15 is 0 Å². The highest BCUT2D eigenvalue weighted by molar-refractivity contribution is 5.96. The summed E-state index contributed by atoms with van der Waals surface area (Å²) in [7, 11) is 3.89. The minimum Gasteiger partial charge on any atom is -0.397 e. The molecule has 0 aliphatic carbocycles. The fourth-order valence-electron chi connectivity index (χ4n) is 2.49. The molecule has 0 fully saturated rings. The van der Waals surface area contributed by atoms with Gasteiger partial charge in [0.05, 0.1) is 11.4 Å². The Morgan fingerprint density at radius 3 is 2.24 bits per heavy atom. The van der Waals surface area contributed by atoms with E-state index in [0.29, 0.717) is 17.2 Å². The molecule has 118 valence electrons. The predicted molar refractivity (Wildman–Crippen MR) is 90.8 cm³/mol. The molecular weight excluding hydrogens is 262 g/mol. The summed E-state index contributed by atoms with van der Waals surface area (Å²) in [6.45, 7) is 7.92. The Hall–Kier alpha value is -1.71. The van der Waals surface area contributed by atoms with E-state index in [1.807, 2.05) is 43.0 Å². The van der Waals surface area contributed by atoms with Gasteiger partial charge in [0.1, 0.15) is 0 Å². The number of carbonyl (C=O) groups is 1. The summed E-state index contributed by atoms with van der Waals surface area (Å²) in [5.74, 6) is 0.633. The first-order chi connectivity index (χ1) is 9.94. The van der Waals surface area contributed by atoms with Crippen molar-refractivity contribution in [3.05, 3.63) is 23.8 Å². The highest BCUT2D eigenvalue weighted by Crippen LogP contribution is 2.23. The van der Waals surface area contributed by atoms with Gasteiger partial charge in [0.2, 0.25) is 0 Å². The molecule has 4 heteroatoms. The zero-order valence-electron chi connectivity index (χ0n) is 14.0. The van der Waals surface area contributed by atoms with Gasteiger partial charge in [-0.05, 0) is 31.0 Å². The Morgan fingerprint density at radius 2 is 1.81 bits per heavy atom. The third-order valence-electron chi connectivity index (χ3n) is 4.06. The molecule has 0 heterocycles. The van der Waals surface area contributed by atoms with Crippen LogP contribution in [0.2, 0.25) is 0 Å². The molecule has 0 aliphatic heterocycles. The largest absolute Gasteiger partial charge is 0.397 e. The topological polar surface area (TPSA) is 49.6 Å². The standard InChI is InChI=1S/C17H29N3O/c1-6-13(7-2)12-20(8-3)17(21)14-9-10-16(19(4)5)15(18)11-14/h9-11,13H,6-8,12,18H2,1-5H3. The van der Waals surface area contributed by atoms with Crippen LogP contribution in [-0.4, -0.2) is 38.0 Å². The van der Waals surface area contributed by atoms with Gasteiger partial charge in [-0.3, -0.25) is 4.79 Å². The molecule has 1 aromatic carbocycles. The molecule has 0 aliphatic rings. The van der Waals surface area contributed by atoms with Crippen LogP contribution < -0.4 is 10.6 Å². The monoisotopic (exact) mass is 291 g/mol. The van der Waals surface area contributed by atoms with Crippen LogP contribution in [0.25, 0.3) is 0 Å². The minimum absolute atomic E-state index is 0.0707. The van der Waals surface area contributed by atoms with Gasteiger partial charge >= 0.3 is 0 Å². The minimum atomic E-state index is 0.0707. The lowest BCUT2D eigenvalue weighted by molar-refractivity contribution is 0.0735. The Labute approximate surface area is 128 Å². The van der Waals surface area contributed by atoms with Gasteiger partial charge in [-0.2, -0.15) is 0 Å². The quantitative estimate of drug-likeness (QED) is 0.785. The highest BCUT2D eigenvalue weighted by atomic mass is 16.2. The van der Waals surface area contributed by atoms with Crippen molar-refractivity contribution >= 4 is 17.3 Å². The Kier molecular flexibility index (Phi) is 6.53. The Bertz CT molecular complexity index is 467. The van der Waals surface area contributed by atoms with Crippen molar-refractivity contribution in [1.82, 2.24) is 4.90 Å². The number of nitrogens with zero attached hydrogens (tertiary/aromatic N) is 2. The molecule has 0 unspecified atom stereocenters. The molecule has 0 radical (unpaired) electrons. The summed E-state index contributed by atoms with van der Waals surface area (Å²) in [4.78, 5) is 16.5. The second kappa shape index (κ2) is 7.91. The van der Waals surface area contributed by atoms with Crippen LogP contribution in [0, 0.1) is 5.92 Å². The zero-order valence-corrected chi connectivity index (χ0v) is 14.0. The maximum atomic E-state index is 12.6. The van der Waals surface area contributed by atoms with Gasteiger partial charge in [-0.1, -0.05) is 26.7 Å². The summed E-state index contributed by atoms with van der Waals surface area (Å²) >= 11 is 0. The second-order valence-corrected chi connectivity index (χ2v) is 5.69. The number of hydrogen-bond donors (Lipinski definition) is 1. The van der Waals surface area contributed by atoms with E-state index in [1.165, 1.54) is 0 Å². The van der Waals surface area contributed by atoms with Gasteiger partial charge in [-0.15, -0.1) is 0 Å². The highest BCUT2D eigenvalue weighted by Gasteiger charge is 2.18. The normalized spacial score (nSPS) is 10.8. The first kappa shape index (κ1) is 17.3.